The van der Waals surface area contributed by atoms with Gasteiger partial charge in [-0.3, -0.25) is 4.79 Å². The second-order valence-corrected chi connectivity index (χ2v) is 5.28. The molecule has 2 fully saturated rings. The molecule has 3 N–H and O–H groups in total. The zero-order valence-corrected chi connectivity index (χ0v) is 12.0. The molecular weight excluding hydrogens is 278 g/mol. The van der Waals surface area contributed by atoms with Crippen molar-refractivity contribution in [3.63, 3.8) is 0 Å². The minimum Gasteiger partial charge on any atom is -0.480 e. The van der Waals surface area contributed by atoms with Crippen LogP contribution in [0.2, 0.25) is 0 Å². The van der Waals surface area contributed by atoms with Crippen LogP contribution in [0.25, 0.3) is 0 Å². The molecule has 1 aliphatic heterocycles. The summed E-state index contributed by atoms with van der Waals surface area (Å²) in [5, 5.41) is 14.3. The number of nitrogens with one attached hydrogen (secondary N) is 2. The zero-order chi connectivity index (χ0) is 15.4. The van der Waals surface area contributed by atoms with Gasteiger partial charge in [0.2, 0.25) is 5.91 Å². The summed E-state index contributed by atoms with van der Waals surface area (Å²) in [4.78, 5) is 36.8. The van der Waals surface area contributed by atoms with Gasteiger partial charge in [-0.15, -0.1) is 0 Å². The maximum Gasteiger partial charge on any atom is 0.326 e. The van der Waals surface area contributed by atoms with Gasteiger partial charge in [0.1, 0.15) is 12.1 Å². The number of aliphatic carboxylic acids is 1. The number of ether oxygens (including phenoxy) is 1. The van der Waals surface area contributed by atoms with Crippen molar-refractivity contribution in [1.82, 2.24) is 15.5 Å². The molecule has 2 unspecified atom stereocenters. The lowest BCUT2D eigenvalue weighted by molar-refractivity contribution is -0.139. The highest BCUT2D eigenvalue weighted by Crippen LogP contribution is 2.32. The topological polar surface area (TPSA) is 108 Å². The molecule has 2 atom stereocenters. The number of rotatable bonds is 5. The van der Waals surface area contributed by atoms with Crippen LogP contribution in [-0.4, -0.2) is 66.3 Å². The van der Waals surface area contributed by atoms with Crippen LogP contribution in [0.4, 0.5) is 4.79 Å². The molecule has 1 heterocycles. The third kappa shape index (κ3) is 3.84. The van der Waals surface area contributed by atoms with E-state index in [1.807, 2.05) is 0 Å². The molecule has 1 aliphatic carbocycles. The molecule has 21 heavy (non-hydrogen) atoms. The molecule has 0 spiro atoms. The minimum absolute atomic E-state index is 0.00425. The Hall–Kier alpha value is -1.83. The molecule has 3 amide bonds. The van der Waals surface area contributed by atoms with Crippen molar-refractivity contribution in [2.75, 3.05) is 26.3 Å². The van der Waals surface area contributed by atoms with E-state index >= 15 is 0 Å². The second-order valence-electron chi connectivity index (χ2n) is 5.28. The van der Waals surface area contributed by atoms with Gasteiger partial charge in [0, 0.05) is 13.1 Å². The van der Waals surface area contributed by atoms with Crippen molar-refractivity contribution >= 4 is 17.9 Å². The van der Waals surface area contributed by atoms with Gasteiger partial charge in [0.15, 0.2) is 0 Å². The summed E-state index contributed by atoms with van der Waals surface area (Å²) in [5.41, 5.74) is 0. The van der Waals surface area contributed by atoms with Crippen LogP contribution >= 0.6 is 0 Å². The second kappa shape index (κ2) is 6.75. The van der Waals surface area contributed by atoms with Crippen molar-refractivity contribution in [1.29, 1.82) is 0 Å². The molecule has 0 aromatic carbocycles. The third-order valence-electron chi connectivity index (χ3n) is 3.68. The molecule has 1 saturated carbocycles. The molecule has 8 heteroatoms. The Kier molecular flexibility index (Phi) is 5.00. The monoisotopic (exact) mass is 299 g/mol. The summed E-state index contributed by atoms with van der Waals surface area (Å²) in [7, 11) is 0. The van der Waals surface area contributed by atoms with Crippen LogP contribution in [0, 0.1) is 5.92 Å². The SMILES string of the molecule is CCNC(=O)C1COCCN1C(=O)NC(C(=O)O)C1CC1. The molecule has 2 aliphatic rings. The van der Waals surface area contributed by atoms with Crippen LogP contribution in [0.3, 0.4) is 0 Å². The Labute approximate surface area is 122 Å². The predicted molar refractivity (Wildman–Crippen MR) is 72.7 cm³/mol. The average Bonchev–Trinajstić information content (AvgIpc) is 3.29. The van der Waals surface area contributed by atoms with E-state index in [1.165, 1.54) is 4.90 Å². The summed E-state index contributed by atoms with van der Waals surface area (Å²) in [6.07, 6.45) is 1.61. The molecule has 118 valence electrons. The lowest BCUT2D eigenvalue weighted by Crippen LogP contribution is -2.60. The fourth-order valence-electron chi connectivity index (χ4n) is 2.38. The predicted octanol–water partition coefficient (Wildman–Crippen LogP) is -0.604. The van der Waals surface area contributed by atoms with Gasteiger partial charge >= 0.3 is 12.0 Å². The number of carboxylic acids is 1. The molecular formula is C13H21N3O5. The Morgan fingerprint density at radius 3 is 2.67 bits per heavy atom. The van der Waals surface area contributed by atoms with Crippen molar-refractivity contribution in [2.45, 2.75) is 31.8 Å². The van der Waals surface area contributed by atoms with E-state index in [4.69, 9.17) is 9.84 Å². The minimum atomic E-state index is -1.03. The largest absolute Gasteiger partial charge is 0.480 e. The van der Waals surface area contributed by atoms with E-state index in [0.717, 1.165) is 12.8 Å². The van der Waals surface area contributed by atoms with Gasteiger partial charge in [0.05, 0.1) is 13.2 Å². The van der Waals surface area contributed by atoms with Crippen molar-refractivity contribution in [3.05, 3.63) is 0 Å². The fourth-order valence-corrected chi connectivity index (χ4v) is 2.38. The number of morpholine rings is 1. The van der Waals surface area contributed by atoms with Crippen LogP contribution in [0.15, 0.2) is 0 Å². The number of carboxylic acid groups (broad SMARTS) is 1. The summed E-state index contributed by atoms with van der Waals surface area (Å²) < 4.78 is 5.24. The molecule has 0 aromatic rings. The number of carbonyl (C=O) groups is 3. The fraction of sp³-hybridized carbons (Fsp3) is 0.769. The molecule has 2 rings (SSSR count). The maximum atomic E-state index is 12.3. The van der Waals surface area contributed by atoms with Gasteiger partial charge in [-0.1, -0.05) is 0 Å². The molecule has 0 aromatic heterocycles. The van der Waals surface area contributed by atoms with Crippen LogP contribution in [-0.2, 0) is 14.3 Å². The number of urea groups is 1. The lowest BCUT2D eigenvalue weighted by Gasteiger charge is -2.35. The molecule has 0 bridgehead atoms. The van der Waals surface area contributed by atoms with E-state index < -0.39 is 24.1 Å². The van der Waals surface area contributed by atoms with E-state index in [0.29, 0.717) is 13.2 Å². The first-order valence-corrected chi connectivity index (χ1v) is 7.20. The van der Waals surface area contributed by atoms with Crippen LogP contribution < -0.4 is 10.6 Å². The molecule has 0 radical (unpaired) electrons. The van der Waals surface area contributed by atoms with Crippen molar-refractivity contribution < 1.29 is 24.2 Å². The van der Waals surface area contributed by atoms with E-state index in [9.17, 15) is 14.4 Å². The Morgan fingerprint density at radius 2 is 2.10 bits per heavy atom. The highest BCUT2D eigenvalue weighted by molar-refractivity contribution is 5.89. The summed E-state index contributed by atoms with van der Waals surface area (Å²) in [6, 6.07) is -2.11. The highest BCUT2D eigenvalue weighted by Gasteiger charge is 2.40. The quantitative estimate of drug-likeness (QED) is 0.628. The number of nitrogens with zero attached hydrogens (tertiary/aromatic N) is 1. The van der Waals surface area contributed by atoms with Gasteiger partial charge in [-0.25, -0.2) is 9.59 Å². The number of hydrogen-bond acceptors (Lipinski definition) is 4. The Balaban J connectivity index is 2.00. The van der Waals surface area contributed by atoms with E-state index in [-0.39, 0.29) is 25.0 Å². The first-order valence-electron chi connectivity index (χ1n) is 7.20. The summed E-state index contributed by atoms with van der Waals surface area (Å²) in [6.45, 7) is 2.99. The van der Waals surface area contributed by atoms with Gasteiger partial charge in [0.25, 0.3) is 0 Å². The van der Waals surface area contributed by atoms with Gasteiger partial charge in [-0.05, 0) is 25.7 Å². The Morgan fingerprint density at radius 1 is 1.38 bits per heavy atom. The Bertz CT molecular complexity index is 424. The summed E-state index contributed by atoms with van der Waals surface area (Å²) in [5.74, 6) is -1.32. The first-order chi connectivity index (χ1) is 10.0. The number of amides is 3. The number of likely N-dealkylation sites (N-methyl/N-ethyl adjacent to an activating group) is 1. The number of hydrogen-bond donors (Lipinski definition) is 3. The smallest absolute Gasteiger partial charge is 0.326 e. The average molecular weight is 299 g/mol. The normalized spacial score (nSPS) is 23.3. The van der Waals surface area contributed by atoms with Crippen LogP contribution in [0.1, 0.15) is 19.8 Å². The van der Waals surface area contributed by atoms with E-state index in [2.05, 4.69) is 10.6 Å². The standard InChI is InChI=1S/C13H21N3O5/c1-2-14-11(17)9-7-21-6-5-16(9)13(20)15-10(12(18)19)8-3-4-8/h8-10H,2-7H2,1H3,(H,14,17)(H,15,20)(H,18,19). The van der Waals surface area contributed by atoms with Crippen molar-refractivity contribution in [2.24, 2.45) is 5.92 Å². The number of carbonyl (C=O) groups excluding carboxylic acids is 2. The maximum absolute atomic E-state index is 12.3. The molecule has 1 saturated heterocycles. The lowest BCUT2D eigenvalue weighted by atomic mass is 10.2. The first kappa shape index (κ1) is 15.6. The summed E-state index contributed by atoms with van der Waals surface area (Å²) >= 11 is 0. The highest BCUT2D eigenvalue weighted by atomic mass is 16.5. The van der Waals surface area contributed by atoms with Crippen LogP contribution in [0.5, 0.6) is 0 Å². The zero-order valence-electron chi connectivity index (χ0n) is 12.0. The van der Waals surface area contributed by atoms with Crippen molar-refractivity contribution in [3.8, 4) is 0 Å². The van der Waals surface area contributed by atoms with Gasteiger partial charge in [-0.2, -0.15) is 0 Å². The molecule has 8 nitrogen and oxygen atoms in total. The van der Waals surface area contributed by atoms with Gasteiger partial charge < -0.3 is 25.4 Å². The third-order valence-corrected chi connectivity index (χ3v) is 3.68. The van der Waals surface area contributed by atoms with E-state index in [1.54, 1.807) is 6.92 Å².